The van der Waals surface area contributed by atoms with Crippen molar-refractivity contribution in [3.63, 3.8) is 0 Å². The van der Waals surface area contributed by atoms with Crippen LogP contribution in [0.4, 0.5) is 0 Å². The fourth-order valence-corrected chi connectivity index (χ4v) is 6.05. The van der Waals surface area contributed by atoms with Crippen molar-refractivity contribution in [2.75, 3.05) is 13.1 Å². The van der Waals surface area contributed by atoms with Crippen LogP contribution in [0.3, 0.4) is 0 Å². The van der Waals surface area contributed by atoms with Gasteiger partial charge in [-0.3, -0.25) is 14.7 Å². The molecular formula is C26H33N5O. The Morgan fingerprint density at radius 2 is 1.81 bits per heavy atom. The Bertz CT molecular complexity index is 1160. The molecule has 2 fully saturated rings. The third-order valence-corrected chi connectivity index (χ3v) is 7.94. The lowest BCUT2D eigenvalue weighted by Crippen LogP contribution is -2.36. The molecule has 3 aromatic heterocycles. The van der Waals surface area contributed by atoms with Gasteiger partial charge < -0.3 is 4.98 Å². The zero-order chi connectivity index (χ0) is 21.5. The van der Waals surface area contributed by atoms with Crippen molar-refractivity contribution in [2.24, 2.45) is 5.92 Å². The van der Waals surface area contributed by atoms with Crippen LogP contribution in [0, 0.1) is 5.92 Å². The molecule has 0 bridgehead atoms. The van der Waals surface area contributed by atoms with Crippen molar-refractivity contribution in [1.29, 1.82) is 0 Å². The lowest BCUT2D eigenvalue weighted by molar-refractivity contribution is 0.154. The number of piperidine rings is 1. The highest BCUT2D eigenvalue weighted by atomic mass is 16.1. The first-order chi connectivity index (χ1) is 15.8. The molecule has 0 spiro atoms. The van der Waals surface area contributed by atoms with Crippen molar-refractivity contribution in [2.45, 2.75) is 76.8 Å². The van der Waals surface area contributed by atoms with Crippen LogP contribution in [0.1, 0.15) is 73.2 Å². The van der Waals surface area contributed by atoms with Gasteiger partial charge in [0.05, 0.1) is 5.69 Å². The molecule has 0 radical (unpaired) electrons. The molecule has 3 aromatic rings. The second kappa shape index (κ2) is 8.47. The maximum absolute atomic E-state index is 12.9. The molecule has 6 nitrogen and oxygen atoms in total. The molecule has 1 aliphatic heterocycles. The van der Waals surface area contributed by atoms with Gasteiger partial charge in [0.15, 0.2) is 0 Å². The van der Waals surface area contributed by atoms with Crippen molar-refractivity contribution in [3.05, 3.63) is 57.3 Å². The Kier molecular flexibility index (Phi) is 5.34. The van der Waals surface area contributed by atoms with E-state index in [0.717, 1.165) is 56.7 Å². The number of likely N-dealkylation sites (tertiary alicyclic amines) is 1. The molecule has 6 heteroatoms. The predicted octanol–water partition coefficient (Wildman–Crippen LogP) is 4.18. The van der Waals surface area contributed by atoms with Crippen LogP contribution in [0.5, 0.6) is 0 Å². The topological polar surface area (TPSA) is 66.8 Å². The van der Waals surface area contributed by atoms with E-state index in [4.69, 9.17) is 5.10 Å². The lowest BCUT2D eigenvalue weighted by Gasteiger charge is -2.32. The second-order valence-electron chi connectivity index (χ2n) is 10.1. The highest BCUT2D eigenvalue weighted by molar-refractivity contribution is 5.84. The first-order valence-electron chi connectivity index (χ1n) is 12.5. The van der Waals surface area contributed by atoms with Crippen LogP contribution in [0.2, 0.25) is 0 Å². The number of pyridine rings is 2. The number of hydrogen-bond acceptors (Lipinski definition) is 4. The van der Waals surface area contributed by atoms with E-state index in [-0.39, 0.29) is 5.56 Å². The number of hydrogen-bond donors (Lipinski definition) is 1. The highest BCUT2D eigenvalue weighted by Crippen LogP contribution is 2.41. The van der Waals surface area contributed by atoms with Crippen LogP contribution in [-0.2, 0) is 25.9 Å². The van der Waals surface area contributed by atoms with Crippen molar-refractivity contribution >= 4 is 11.0 Å². The molecule has 168 valence electrons. The normalized spacial score (nSPS) is 22.1. The first-order valence-corrected chi connectivity index (χ1v) is 12.5. The Morgan fingerprint density at radius 3 is 2.59 bits per heavy atom. The maximum Gasteiger partial charge on any atom is 0.253 e. The van der Waals surface area contributed by atoms with Crippen molar-refractivity contribution in [1.82, 2.24) is 24.6 Å². The fourth-order valence-electron chi connectivity index (χ4n) is 6.05. The summed E-state index contributed by atoms with van der Waals surface area (Å²) >= 11 is 0. The largest absolute Gasteiger partial charge is 0.307 e. The van der Waals surface area contributed by atoms with Gasteiger partial charge in [0, 0.05) is 48.9 Å². The number of nitrogens with one attached hydrogen (secondary N) is 1. The van der Waals surface area contributed by atoms with E-state index in [1.165, 1.54) is 60.7 Å². The minimum absolute atomic E-state index is 0.122. The second-order valence-corrected chi connectivity index (χ2v) is 10.1. The summed E-state index contributed by atoms with van der Waals surface area (Å²) in [7, 11) is 0. The fraction of sp³-hybridized carbons (Fsp3) is 0.577. The standard InChI is InChI=1S/C26H33N5O/c32-26-22-9-2-1-8-21(22)23-24(20-6-3-7-20)29-31(25(23)28-26)17-19-5-4-14-30(16-19)15-18-10-12-27-13-11-18/h10-13,19-20H,1-9,14-17H2,(H,28,32). The summed E-state index contributed by atoms with van der Waals surface area (Å²) in [6, 6.07) is 4.23. The van der Waals surface area contributed by atoms with Gasteiger partial charge in [0.1, 0.15) is 5.65 Å². The van der Waals surface area contributed by atoms with E-state index in [1.807, 2.05) is 12.4 Å². The number of rotatable bonds is 5. The average molecular weight is 432 g/mol. The van der Waals surface area contributed by atoms with Crippen LogP contribution < -0.4 is 5.56 Å². The summed E-state index contributed by atoms with van der Waals surface area (Å²) in [6.45, 7) is 4.11. The number of H-pyrrole nitrogens is 1. The third-order valence-electron chi connectivity index (χ3n) is 7.94. The number of aromatic amines is 1. The molecule has 1 N–H and O–H groups in total. The minimum atomic E-state index is 0.122. The molecular weight excluding hydrogens is 398 g/mol. The molecule has 0 amide bonds. The summed E-state index contributed by atoms with van der Waals surface area (Å²) < 4.78 is 2.17. The van der Waals surface area contributed by atoms with E-state index in [1.54, 1.807) is 0 Å². The number of nitrogens with zero attached hydrogens (tertiary/aromatic N) is 4. The van der Waals surface area contributed by atoms with Gasteiger partial charge in [0.25, 0.3) is 5.56 Å². The van der Waals surface area contributed by atoms with E-state index < -0.39 is 0 Å². The van der Waals surface area contributed by atoms with Crippen LogP contribution in [0.15, 0.2) is 29.3 Å². The van der Waals surface area contributed by atoms with Gasteiger partial charge in [-0.25, -0.2) is 4.68 Å². The van der Waals surface area contributed by atoms with E-state index in [2.05, 4.69) is 31.7 Å². The number of aryl methyl sites for hydroxylation is 1. The first kappa shape index (κ1) is 20.2. The average Bonchev–Trinajstić information content (AvgIpc) is 3.11. The molecule has 4 heterocycles. The maximum atomic E-state index is 12.9. The minimum Gasteiger partial charge on any atom is -0.307 e. The zero-order valence-electron chi connectivity index (χ0n) is 18.9. The smallest absolute Gasteiger partial charge is 0.253 e. The Morgan fingerprint density at radius 1 is 1.00 bits per heavy atom. The van der Waals surface area contributed by atoms with E-state index in [9.17, 15) is 4.79 Å². The summed E-state index contributed by atoms with van der Waals surface area (Å²) in [5.41, 5.74) is 6.05. The number of fused-ring (bicyclic) bond motifs is 3. The van der Waals surface area contributed by atoms with Crippen LogP contribution in [0.25, 0.3) is 11.0 Å². The predicted molar refractivity (Wildman–Crippen MR) is 126 cm³/mol. The third kappa shape index (κ3) is 3.68. The van der Waals surface area contributed by atoms with Gasteiger partial charge in [-0.05, 0) is 87.1 Å². The quantitative estimate of drug-likeness (QED) is 0.658. The van der Waals surface area contributed by atoms with Gasteiger partial charge in [0.2, 0.25) is 0 Å². The molecule has 3 aliphatic rings. The SMILES string of the molecule is O=c1[nH]c2c(c(C3CCC3)nn2CC2CCCN(Cc3ccncc3)C2)c2c1CCCC2. The van der Waals surface area contributed by atoms with Gasteiger partial charge in [-0.2, -0.15) is 5.10 Å². The van der Waals surface area contributed by atoms with Gasteiger partial charge >= 0.3 is 0 Å². The Hall–Kier alpha value is -2.47. The summed E-state index contributed by atoms with van der Waals surface area (Å²) in [6.07, 6.45) is 14.3. The summed E-state index contributed by atoms with van der Waals surface area (Å²) in [4.78, 5) is 22.9. The molecule has 2 aliphatic carbocycles. The molecule has 6 rings (SSSR count). The lowest BCUT2D eigenvalue weighted by atomic mass is 9.80. The van der Waals surface area contributed by atoms with Crippen molar-refractivity contribution < 1.29 is 0 Å². The molecule has 1 saturated heterocycles. The zero-order valence-corrected chi connectivity index (χ0v) is 18.9. The Labute approximate surface area is 189 Å². The number of aromatic nitrogens is 4. The van der Waals surface area contributed by atoms with Crippen LogP contribution >= 0.6 is 0 Å². The molecule has 1 unspecified atom stereocenters. The Balaban J connectivity index is 1.30. The summed E-state index contributed by atoms with van der Waals surface area (Å²) in [5, 5.41) is 6.48. The summed E-state index contributed by atoms with van der Waals surface area (Å²) in [5.74, 6) is 1.13. The molecule has 1 saturated carbocycles. The highest BCUT2D eigenvalue weighted by Gasteiger charge is 2.30. The monoisotopic (exact) mass is 431 g/mol. The van der Waals surface area contributed by atoms with Gasteiger partial charge in [-0.15, -0.1) is 0 Å². The molecule has 32 heavy (non-hydrogen) atoms. The van der Waals surface area contributed by atoms with Crippen LogP contribution in [-0.4, -0.2) is 37.7 Å². The molecule has 1 atom stereocenters. The van der Waals surface area contributed by atoms with E-state index in [0.29, 0.717) is 11.8 Å². The van der Waals surface area contributed by atoms with E-state index >= 15 is 0 Å². The van der Waals surface area contributed by atoms with Gasteiger partial charge in [-0.1, -0.05) is 6.42 Å². The van der Waals surface area contributed by atoms with Crippen molar-refractivity contribution in [3.8, 4) is 0 Å². The molecule has 0 aromatic carbocycles.